The smallest absolute Gasteiger partial charge is 0.328 e. The summed E-state index contributed by atoms with van der Waals surface area (Å²) in [5.41, 5.74) is 6.99. The number of carboxylic acid groups (broad SMARTS) is 1. The van der Waals surface area contributed by atoms with E-state index in [1.54, 1.807) is 12.1 Å². The summed E-state index contributed by atoms with van der Waals surface area (Å²) in [6, 6.07) is 6.08. The van der Waals surface area contributed by atoms with E-state index >= 15 is 0 Å². The van der Waals surface area contributed by atoms with Crippen molar-refractivity contribution in [2.24, 2.45) is 5.11 Å². The number of sulfone groups is 1. The molecule has 0 aliphatic carbocycles. The highest BCUT2D eigenvalue weighted by atomic mass is 32.2. The lowest BCUT2D eigenvalue weighted by Gasteiger charge is -2.35. The van der Waals surface area contributed by atoms with Crippen molar-refractivity contribution in [3.8, 4) is 0 Å². The molecule has 0 bridgehead atoms. The summed E-state index contributed by atoms with van der Waals surface area (Å²) in [4.78, 5) is 14.4. The topological polar surface area (TPSA) is 132 Å². The molecule has 0 fully saturated rings. The second-order valence-corrected chi connectivity index (χ2v) is 6.73. The van der Waals surface area contributed by atoms with Gasteiger partial charge in [0.15, 0.2) is 9.84 Å². The number of nitrogens with one attached hydrogen (secondary N) is 1. The van der Waals surface area contributed by atoms with Gasteiger partial charge in [0.2, 0.25) is 0 Å². The van der Waals surface area contributed by atoms with Gasteiger partial charge in [0.1, 0.15) is 5.54 Å². The highest BCUT2D eigenvalue weighted by molar-refractivity contribution is 7.91. The van der Waals surface area contributed by atoms with Gasteiger partial charge in [0.25, 0.3) is 0 Å². The highest BCUT2D eigenvalue weighted by Crippen LogP contribution is 2.37. The van der Waals surface area contributed by atoms with Gasteiger partial charge in [-0.25, -0.2) is 13.2 Å². The van der Waals surface area contributed by atoms with Crippen molar-refractivity contribution < 1.29 is 18.3 Å². The standard InChI is InChI=1S/C12H14N4O4S/c13-16-15-7-6-14-12(11(17)18)5-8-21(19,20)10-4-2-1-3-9(10)12/h1-4,14H,5-8H2,(H,17,18). The number of fused-ring (bicyclic) bond motifs is 1. The number of azide groups is 1. The van der Waals surface area contributed by atoms with E-state index in [1.807, 2.05) is 0 Å². The zero-order valence-corrected chi connectivity index (χ0v) is 11.9. The number of hydrogen-bond donors (Lipinski definition) is 2. The first kappa shape index (κ1) is 15.3. The van der Waals surface area contributed by atoms with E-state index < -0.39 is 21.3 Å². The molecule has 9 heteroatoms. The zero-order valence-electron chi connectivity index (χ0n) is 11.1. The summed E-state index contributed by atoms with van der Waals surface area (Å²) in [5.74, 6) is -1.39. The maximum Gasteiger partial charge on any atom is 0.328 e. The van der Waals surface area contributed by atoms with Crippen LogP contribution in [0.2, 0.25) is 0 Å². The van der Waals surface area contributed by atoms with Gasteiger partial charge in [0.05, 0.1) is 10.6 Å². The summed E-state index contributed by atoms with van der Waals surface area (Å²) in [7, 11) is -3.47. The van der Waals surface area contributed by atoms with Crippen LogP contribution < -0.4 is 5.32 Å². The Kier molecular flexibility index (Phi) is 4.17. The second kappa shape index (κ2) is 5.72. The lowest BCUT2D eigenvalue weighted by atomic mass is 9.86. The lowest BCUT2D eigenvalue weighted by Crippen LogP contribution is -2.53. The van der Waals surface area contributed by atoms with Gasteiger partial charge in [0, 0.05) is 23.6 Å². The van der Waals surface area contributed by atoms with Crippen molar-refractivity contribution in [2.75, 3.05) is 18.8 Å². The second-order valence-electron chi connectivity index (χ2n) is 4.66. The van der Waals surface area contributed by atoms with Crippen LogP contribution in [0.4, 0.5) is 0 Å². The Morgan fingerprint density at radius 2 is 2.19 bits per heavy atom. The molecule has 1 heterocycles. The first-order chi connectivity index (χ1) is 9.94. The average Bonchev–Trinajstić information content (AvgIpc) is 2.46. The predicted molar refractivity (Wildman–Crippen MR) is 74.4 cm³/mol. The monoisotopic (exact) mass is 310 g/mol. The van der Waals surface area contributed by atoms with Gasteiger partial charge < -0.3 is 5.11 Å². The Morgan fingerprint density at radius 3 is 2.86 bits per heavy atom. The minimum absolute atomic E-state index is 0.0370. The van der Waals surface area contributed by atoms with Crippen LogP contribution in [-0.4, -0.2) is 38.3 Å². The Hall–Kier alpha value is -2.09. The minimum atomic E-state index is -3.47. The Bertz CT molecular complexity index is 712. The van der Waals surface area contributed by atoms with Crippen LogP contribution in [0.5, 0.6) is 0 Å². The lowest BCUT2D eigenvalue weighted by molar-refractivity contribution is -0.145. The third kappa shape index (κ3) is 2.71. The Morgan fingerprint density at radius 1 is 1.48 bits per heavy atom. The molecule has 1 aliphatic rings. The molecular formula is C12H14N4O4S. The van der Waals surface area contributed by atoms with E-state index in [4.69, 9.17) is 5.53 Å². The van der Waals surface area contributed by atoms with Crippen molar-refractivity contribution in [1.82, 2.24) is 5.32 Å². The van der Waals surface area contributed by atoms with E-state index in [0.717, 1.165) is 0 Å². The zero-order chi connectivity index (χ0) is 15.5. The fourth-order valence-electron chi connectivity index (χ4n) is 2.47. The molecule has 1 aromatic rings. The number of rotatable bonds is 5. The van der Waals surface area contributed by atoms with Crippen molar-refractivity contribution >= 4 is 15.8 Å². The number of hydrogen-bond acceptors (Lipinski definition) is 5. The number of nitrogens with zero attached hydrogens (tertiary/aromatic N) is 3. The van der Waals surface area contributed by atoms with Gasteiger partial charge in [-0.2, -0.15) is 0 Å². The first-order valence-corrected chi connectivity index (χ1v) is 7.91. The predicted octanol–water partition coefficient (Wildman–Crippen LogP) is 1.04. The fraction of sp³-hybridized carbons (Fsp3) is 0.417. The molecule has 21 heavy (non-hydrogen) atoms. The van der Waals surface area contributed by atoms with Gasteiger partial charge in [-0.3, -0.25) is 5.32 Å². The molecular weight excluding hydrogens is 296 g/mol. The molecule has 0 aromatic heterocycles. The Labute approximate surface area is 121 Å². The van der Waals surface area contributed by atoms with Crippen LogP contribution in [0.1, 0.15) is 12.0 Å². The van der Waals surface area contributed by atoms with Crippen LogP contribution >= 0.6 is 0 Å². The van der Waals surface area contributed by atoms with Gasteiger partial charge in [-0.05, 0) is 18.0 Å². The maximum atomic E-state index is 12.1. The third-order valence-electron chi connectivity index (χ3n) is 3.49. The van der Waals surface area contributed by atoms with Gasteiger partial charge >= 0.3 is 5.97 Å². The van der Waals surface area contributed by atoms with Gasteiger partial charge in [-0.1, -0.05) is 23.3 Å². The summed E-state index contributed by atoms with van der Waals surface area (Å²) in [6.45, 7) is 0.227. The highest BCUT2D eigenvalue weighted by Gasteiger charge is 2.47. The molecule has 1 unspecified atom stereocenters. The van der Waals surface area contributed by atoms with Crippen molar-refractivity contribution in [3.05, 3.63) is 40.3 Å². The van der Waals surface area contributed by atoms with E-state index in [2.05, 4.69) is 15.3 Å². The molecule has 2 N–H and O–H groups in total. The first-order valence-electron chi connectivity index (χ1n) is 6.25. The normalized spacial score (nSPS) is 22.9. The summed E-state index contributed by atoms with van der Waals surface area (Å²) in [5, 5.41) is 15.8. The number of aliphatic carboxylic acids is 1. The molecule has 0 saturated heterocycles. The van der Waals surface area contributed by atoms with Crippen molar-refractivity contribution in [3.63, 3.8) is 0 Å². The summed E-state index contributed by atoms with van der Waals surface area (Å²) >= 11 is 0. The third-order valence-corrected chi connectivity index (χ3v) is 5.26. The van der Waals surface area contributed by atoms with E-state index in [0.29, 0.717) is 0 Å². The van der Waals surface area contributed by atoms with Crippen LogP contribution in [0.25, 0.3) is 10.4 Å². The van der Waals surface area contributed by atoms with E-state index in [1.165, 1.54) is 12.1 Å². The summed E-state index contributed by atoms with van der Waals surface area (Å²) < 4.78 is 24.1. The largest absolute Gasteiger partial charge is 0.480 e. The molecule has 0 spiro atoms. The molecule has 1 atom stereocenters. The minimum Gasteiger partial charge on any atom is -0.480 e. The molecule has 0 saturated carbocycles. The van der Waals surface area contributed by atoms with Crippen LogP contribution in [0.3, 0.4) is 0 Å². The summed E-state index contributed by atoms with van der Waals surface area (Å²) in [6.07, 6.45) is -0.0715. The fourth-order valence-corrected chi connectivity index (χ4v) is 4.13. The maximum absolute atomic E-state index is 12.1. The molecule has 0 radical (unpaired) electrons. The number of carbonyl (C=O) groups is 1. The van der Waals surface area contributed by atoms with E-state index in [-0.39, 0.29) is 35.7 Å². The van der Waals surface area contributed by atoms with Crippen LogP contribution in [-0.2, 0) is 20.2 Å². The molecule has 0 amide bonds. The van der Waals surface area contributed by atoms with Crippen LogP contribution in [0.15, 0.2) is 34.3 Å². The Balaban J connectivity index is 2.47. The van der Waals surface area contributed by atoms with Gasteiger partial charge in [-0.15, -0.1) is 0 Å². The van der Waals surface area contributed by atoms with Crippen molar-refractivity contribution in [1.29, 1.82) is 0 Å². The number of benzene rings is 1. The molecule has 2 rings (SSSR count). The molecule has 1 aromatic carbocycles. The molecule has 112 valence electrons. The SMILES string of the molecule is [N-]=[N+]=NCCNC1(C(=O)O)CCS(=O)(=O)c2ccccc21. The van der Waals surface area contributed by atoms with Crippen LogP contribution in [0, 0.1) is 0 Å². The van der Waals surface area contributed by atoms with Crippen molar-refractivity contribution in [2.45, 2.75) is 16.9 Å². The van der Waals surface area contributed by atoms with E-state index in [9.17, 15) is 18.3 Å². The average molecular weight is 310 g/mol. The number of carboxylic acids is 1. The quantitative estimate of drug-likeness (QED) is 0.363. The molecule has 8 nitrogen and oxygen atoms in total. The molecule has 1 aliphatic heterocycles.